The standard InChI is InChI=1S/C18H22N2O/c1-14-3-7-16(8-4-14)13-19-12-11-18(21)20-17-9-5-15(2)6-10-17/h3-10,19H,11-13H2,1-2H3,(H,20,21). The van der Waals surface area contributed by atoms with Gasteiger partial charge in [0.15, 0.2) is 0 Å². The van der Waals surface area contributed by atoms with Gasteiger partial charge in [-0.2, -0.15) is 0 Å². The van der Waals surface area contributed by atoms with Crippen LogP contribution in [0.2, 0.25) is 0 Å². The van der Waals surface area contributed by atoms with Crippen molar-refractivity contribution in [3.05, 3.63) is 65.2 Å². The molecule has 0 aliphatic heterocycles. The summed E-state index contributed by atoms with van der Waals surface area (Å²) in [6.07, 6.45) is 0.472. The molecule has 3 heteroatoms. The van der Waals surface area contributed by atoms with Crippen molar-refractivity contribution < 1.29 is 4.79 Å². The zero-order valence-corrected chi connectivity index (χ0v) is 12.6. The van der Waals surface area contributed by atoms with Crippen molar-refractivity contribution in [2.45, 2.75) is 26.8 Å². The second-order valence-electron chi connectivity index (χ2n) is 5.33. The van der Waals surface area contributed by atoms with Gasteiger partial charge in [0.25, 0.3) is 0 Å². The van der Waals surface area contributed by atoms with Gasteiger partial charge in [-0.1, -0.05) is 47.5 Å². The minimum absolute atomic E-state index is 0.0373. The molecule has 3 nitrogen and oxygen atoms in total. The Kier molecular flexibility index (Phi) is 5.52. The van der Waals surface area contributed by atoms with E-state index in [1.165, 1.54) is 16.7 Å². The third kappa shape index (κ3) is 5.40. The molecule has 0 saturated heterocycles. The molecule has 0 heterocycles. The van der Waals surface area contributed by atoms with Gasteiger partial charge in [-0.25, -0.2) is 0 Å². The first kappa shape index (κ1) is 15.3. The maximum atomic E-state index is 11.8. The van der Waals surface area contributed by atoms with Crippen molar-refractivity contribution in [2.75, 3.05) is 11.9 Å². The summed E-state index contributed by atoms with van der Waals surface area (Å²) in [4.78, 5) is 11.8. The van der Waals surface area contributed by atoms with Crippen LogP contribution in [0.4, 0.5) is 5.69 Å². The van der Waals surface area contributed by atoms with Gasteiger partial charge >= 0.3 is 0 Å². The largest absolute Gasteiger partial charge is 0.326 e. The summed E-state index contributed by atoms with van der Waals surface area (Å²) in [6.45, 7) is 5.57. The molecule has 0 saturated carbocycles. The van der Waals surface area contributed by atoms with Crippen LogP contribution in [0.3, 0.4) is 0 Å². The first-order valence-electron chi connectivity index (χ1n) is 7.26. The van der Waals surface area contributed by atoms with Crippen molar-refractivity contribution in [3.8, 4) is 0 Å². The SMILES string of the molecule is Cc1ccc(CNCCC(=O)Nc2ccc(C)cc2)cc1. The fourth-order valence-corrected chi connectivity index (χ4v) is 2.00. The first-order chi connectivity index (χ1) is 10.1. The third-order valence-electron chi connectivity index (χ3n) is 3.31. The van der Waals surface area contributed by atoms with Gasteiger partial charge < -0.3 is 10.6 Å². The number of amides is 1. The van der Waals surface area contributed by atoms with Gasteiger partial charge in [-0.05, 0) is 31.5 Å². The summed E-state index contributed by atoms with van der Waals surface area (Å²) in [5.74, 6) is 0.0373. The molecular formula is C18H22N2O. The number of hydrogen-bond donors (Lipinski definition) is 2. The zero-order valence-electron chi connectivity index (χ0n) is 12.6. The van der Waals surface area contributed by atoms with E-state index >= 15 is 0 Å². The van der Waals surface area contributed by atoms with Crippen LogP contribution >= 0.6 is 0 Å². The van der Waals surface area contributed by atoms with Crippen LogP contribution in [0, 0.1) is 13.8 Å². The monoisotopic (exact) mass is 282 g/mol. The maximum absolute atomic E-state index is 11.8. The highest BCUT2D eigenvalue weighted by atomic mass is 16.1. The van der Waals surface area contributed by atoms with E-state index < -0.39 is 0 Å². The second-order valence-corrected chi connectivity index (χ2v) is 5.33. The molecular weight excluding hydrogens is 260 g/mol. The Balaban J connectivity index is 1.67. The van der Waals surface area contributed by atoms with Crippen molar-refractivity contribution in [2.24, 2.45) is 0 Å². The minimum Gasteiger partial charge on any atom is -0.326 e. The highest BCUT2D eigenvalue weighted by molar-refractivity contribution is 5.90. The molecule has 2 N–H and O–H groups in total. The molecule has 0 fully saturated rings. The van der Waals surface area contributed by atoms with Gasteiger partial charge in [0.2, 0.25) is 5.91 Å². The van der Waals surface area contributed by atoms with E-state index in [2.05, 4.69) is 41.8 Å². The number of rotatable bonds is 6. The predicted molar refractivity (Wildman–Crippen MR) is 87.3 cm³/mol. The normalized spacial score (nSPS) is 10.4. The lowest BCUT2D eigenvalue weighted by molar-refractivity contribution is -0.116. The Morgan fingerprint density at radius 2 is 1.48 bits per heavy atom. The molecule has 0 spiro atoms. The van der Waals surface area contributed by atoms with Crippen LogP contribution in [-0.2, 0) is 11.3 Å². The number of carbonyl (C=O) groups excluding carboxylic acids is 1. The molecule has 2 aromatic carbocycles. The quantitative estimate of drug-likeness (QED) is 0.797. The fourth-order valence-electron chi connectivity index (χ4n) is 2.00. The van der Waals surface area contributed by atoms with Gasteiger partial charge in [0.1, 0.15) is 0 Å². The van der Waals surface area contributed by atoms with Crippen molar-refractivity contribution in [3.63, 3.8) is 0 Å². The van der Waals surface area contributed by atoms with Gasteiger partial charge in [-0.3, -0.25) is 4.79 Å². The Morgan fingerprint density at radius 3 is 2.10 bits per heavy atom. The average Bonchev–Trinajstić information content (AvgIpc) is 2.48. The highest BCUT2D eigenvalue weighted by Crippen LogP contribution is 2.08. The third-order valence-corrected chi connectivity index (χ3v) is 3.31. The van der Waals surface area contributed by atoms with E-state index in [1.54, 1.807) is 0 Å². The molecule has 0 aliphatic carbocycles. The van der Waals surface area contributed by atoms with E-state index in [1.807, 2.05) is 31.2 Å². The van der Waals surface area contributed by atoms with Crippen molar-refractivity contribution in [1.82, 2.24) is 5.32 Å². The molecule has 110 valence electrons. The molecule has 0 aliphatic rings. The Morgan fingerprint density at radius 1 is 0.905 bits per heavy atom. The van der Waals surface area contributed by atoms with Gasteiger partial charge in [0.05, 0.1) is 0 Å². The highest BCUT2D eigenvalue weighted by Gasteiger charge is 2.01. The number of hydrogen-bond acceptors (Lipinski definition) is 2. The number of aryl methyl sites for hydroxylation is 2. The molecule has 2 aromatic rings. The Bertz CT molecular complexity index is 573. The van der Waals surface area contributed by atoms with Crippen LogP contribution in [0.5, 0.6) is 0 Å². The van der Waals surface area contributed by atoms with E-state index in [0.29, 0.717) is 13.0 Å². The summed E-state index contributed by atoms with van der Waals surface area (Å²) in [5.41, 5.74) is 4.53. The fraction of sp³-hybridized carbons (Fsp3) is 0.278. The van der Waals surface area contributed by atoms with Gasteiger partial charge in [0, 0.05) is 25.2 Å². The number of carbonyl (C=O) groups is 1. The molecule has 2 rings (SSSR count). The number of benzene rings is 2. The van der Waals surface area contributed by atoms with E-state index in [-0.39, 0.29) is 5.91 Å². The topological polar surface area (TPSA) is 41.1 Å². The van der Waals surface area contributed by atoms with Crippen LogP contribution in [-0.4, -0.2) is 12.5 Å². The maximum Gasteiger partial charge on any atom is 0.225 e. The molecule has 0 bridgehead atoms. The first-order valence-corrected chi connectivity index (χ1v) is 7.26. The summed E-state index contributed by atoms with van der Waals surface area (Å²) in [7, 11) is 0. The van der Waals surface area contributed by atoms with Crippen molar-refractivity contribution in [1.29, 1.82) is 0 Å². The lowest BCUT2D eigenvalue weighted by atomic mass is 10.1. The Labute approximate surface area is 126 Å². The van der Waals surface area contributed by atoms with Crippen molar-refractivity contribution >= 4 is 11.6 Å². The van der Waals surface area contributed by atoms with Gasteiger partial charge in [-0.15, -0.1) is 0 Å². The number of nitrogens with one attached hydrogen (secondary N) is 2. The zero-order chi connectivity index (χ0) is 15.1. The lowest BCUT2D eigenvalue weighted by Crippen LogP contribution is -2.21. The number of anilines is 1. The molecule has 0 unspecified atom stereocenters. The average molecular weight is 282 g/mol. The summed E-state index contributed by atoms with van der Waals surface area (Å²) in [6, 6.07) is 16.2. The molecule has 0 atom stereocenters. The molecule has 0 aromatic heterocycles. The predicted octanol–water partition coefficient (Wildman–Crippen LogP) is 3.42. The smallest absolute Gasteiger partial charge is 0.225 e. The van der Waals surface area contributed by atoms with E-state index in [0.717, 1.165) is 12.2 Å². The summed E-state index contributed by atoms with van der Waals surface area (Å²) < 4.78 is 0. The molecule has 0 radical (unpaired) electrons. The second kappa shape index (κ2) is 7.60. The minimum atomic E-state index is 0.0373. The molecule has 1 amide bonds. The Hall–Kier alpha value is -2.13. The molecule has 21 heavy (non-hydrogen) atoms. The van der Waals surface area contributed by atoms with Crippen LogP contribution in [0.1, 0.15) is 23.1 Å². The summed E-state index contributed by atoms with van der Waals surface area (Å²) in [5, 5.41) is 6.18. The van der Waals surface area contributed by atoms with E-state index in [4.69, 9.17) is 0 Å². The van der Waals surface area contributed by atoms with Crippen LogP contribution in [0.25, 0.3) is 0 Å². The van der Waals surface area contributed by atoms with Crippen LogP contribution < -0.4 is 10.6 Å². The lowest BCUT2D eigenvalue weighted by Gasteiger charge is -2.07. The van der Waals surface area contributed by atoms with E-state index in [9.17, 15) is 4.79 Å². The van der Waals surface area contributed by atoms with Crippen LogP contribution in [0.15, 0.2) is 48.5 Å². The summed E-state index contributed by atoms with van der Waals surface area (Å²) >= 11 is 0.